The largest absolute Gasteiger partial charge is 0.342 e. The number of thioether (sulfide) groups is 1. The summed E-state index contributed by atoms with van der Waals surface area (Å²) in [5.74, 6) is 1.25. The van der Waals surface area contributed by atoms with Gasteiger partial charge in [-0.15, -0.1) is 10.2 Å². The summed E-state index contributed by atoms with van der Waals surface area (Å²) in [4.78, 5) is 19.1. The van der Waals surface area contributed by atoms with Crippen molar-refractivity contribution >= 4 is 17.7 Å². The SMILES string of the molecule is CC(Sc1nnc(-c2cccnc2)n1-c1ccccc1C(C)C)C(=O)N1CCCC1. The number of pyridine rings is 1. The first kappa shape index (κ1) is 20.6. The monoisotopic (exact) mass is 421 g/mol. The van der Waals surface area contributed by atoms with Gasteiger partial charge in [-0.1, -0.05) is 43.8 Å². The van der Waals surface area contributed by atoms with Crippen LogP contribution in [0.5, 0.6) is 0 Å². The van der Waals surface area contributed by atoms with Crippen molar-refractivity contribution in [3.8, 4) is 17.1 Å². The number of para-hydroxylation sites is 1. The van der Waals surface area contributed by atoms with Crippen LogP contribution in [0.3, 0.4) is 0 Å². The number of likely N-dealkylation sites (tertiary alicyclic amines) is 1. The van der Waals surface area contributed by atoms with E-state index in [1.807, 2.05) is 30.0 Å². The second kappa shape index (κ2) is 9.00. The summed E-state index contributed by atoms with van der Waals surface area (Å²) in [6.07, 6.45) is 5.73. The van der Waals surface area contributed by atoms with Crippen molar-refractivity contribution < 1.29 is 4.79 Å². The molecule has 6 nitrogen and oxygen atoms in total. The van der Waals surface area contributed by atoms with Gasteiger partial charge in [0.25, 0.3) is 0 Å². The minimum Gasteiger partial charge on any atom is -0.342 e. The van der Waals surface area contributed by atoms with Crippen LogP contribution >= 0.6 is 11.8 Å². The zero-order valence-corrected chi connectivity index (χ0v) is 18.5. The Morgan fingerprint density at radius 2 is 1.80 bits per heavy atom. The van der Waals surface area contributed by atoms with Gasteiger partial charge in [0.1, 0.15) is 0 Å². The number of hydrogen-bond acceptors (Lipinski definition) is 5. The number of carbonyl (C=O) groups excluding carboxylic acids is 1. The van der Waals surface area contributed by atoms with Crippen LogP contribution in [0.1, 0.15) is 45.1 Å². The molecule has 3 aromatic rings. The van der Waals surface area contributed by atoms with Crippen molar-refractivity contribution in [2.75, 3.05) is 13.1 Å². The maximum absolute atomic E-state index is 12.9. The third kappa shape index (κ3) is 4.12. The van der Waals surface area contributed by atoms with Gasteiger partial charge in [0, 0.05) is 31.0 Å². The number of aromatic nitrogens is 4. The summed E-state index contributed by atoms with van der Waals surface area (Å²) in [7, 11) is 0. The van der Waals surface area contributed by atoms with E-state index >= 15 is 0 Å². The van der Waals surface area contributed by atoms with E-state index in [9.17, 15) is 4.79 Å². The summed E-state index contributed by atoms with van der Waals surface area (Å²) in [5.41, 5.74) is 3.15. The number of amides is 1. The van der Waals surface area contributed by atoms with Crippen molar-refractivity contribution in [1.82, 2.24) is 24.6 Å². The van der Waals surface area contributed by atoms with Gasteiger partial charge in [0.05, 0.1) is 10.9 Å². The topological polar surface area (TPSA) is 63.9 Å². The summed E-state index contributed by atoms with van der Waals surface area (Å²) in [5, 5.41) is 9.50. The van der Waals surface area contributed by atoms with E-state index in [0.717, 1.165) is 48.2 Å². The number of rotatable bonds is 6. The first-order valence-corrected chi connectivity index (χ1v) is 11.3. The van der Waals surface area contributed by atoms with Gasteiger partial charge in [0.2, 0.25) is 5.91 Å². The van der Waals surface area contributed by atoms with E-state index < -0.39 is 0 Å². The summed E-state index contributed by atoms with van der Waals surface area (Å²) in [6.45, 7) is 8.03. The number of carbonyl (C=O) groups is 1. The van der Waals surface area contributed by atoms with E-state index in [0.29, 0.717) is 5.92 Å². The van der Waals surface area contributed by atoms with Gasteiger partial charge in [-0.25, -0.2) is 0 Å². The first-order chi connectivity index (χ1) is 14.6. The van der Waals surface area contributed by atoms with Gasteiger partial charge >= 0.3 is 0 Å². The molecule has 0 spiro atoms. The Morgan fingerprint density at radius 1 is 1.03 bits per heavy atom. The molecule has 1 aliphatic rings. The second-order valence-electron chi connectivity index (χ2n) is 7.89. The molecule has 1 aliphatic heterocycles. The molecule has 1 aromatic carbocycles. The normalized spacial score (nSPS) is 15.0. The van der Waals surface area contributed by atoms with Crippen molar-refractivity contribution in [2.24, 2.45) is 0 Å². The van der Waals surface area contributed by atoms with Crippen LogP contribution in [0.2, 0.25) is 0 Å². The quantitative estimate of drug-likeness (QED) is 0.546. The highest BCUT2D eigenvalue weighted by atomic mass is 32.2. The van der Waals surface area contributed by atoms with E-state index in [2.05, 4.69) is 51.8 Å². The highest BCUT2D eigenvalue weighted by Gasteiger charge is 2.27. The molecule has 3 heterocycles. The zero-order valence-electron chi connectivity index (χ0n) is 17.7. The van der Waals surface area contributed by atoms with Crippen molar-refractivity contribution in [1.29, 1.82) is 0 Å². The number of hydrogen-bond donors (Lipinski definition) is 0. The molecule has 156 valence electrons. The summed E-state index contributed by atoms with van der Waals surface area (Å²) in [6, 6.07) is 12.2. The minimum absolute atomic E-state index is 0.173. The standard InChI is InChI=1S/C23H27N5OS/c1-16(2)19-10-4-5-11-20(19)28-21(18-9-8-12-24-15-18)25-26-23(28)30-17(3)22(29)27-13-6-7-14-27/h4-5,8-12,15-17H,6-7,13-14H2,1-3H3. The highest BCUT2D eigenvalue weighted by Crippen LogP contribution is 2.33. The Bertz CT molecular complexity index is 1010. The van der Waals surface area contributed by atoms with Gasteiger partial charge in [0.15, 0.2) is 11.0 Å². The summed E-state index contributed by atoms with van der Waals surface area (Å²) >= 11 is 1.47. The lowest BCUT2D eigenvalue weighted by Crippen LogP contribution is -2.34. The number of nitrogens with zero attached hydrogens (tertiary/aromatic N) is 5. The molecule has 1 saturated heterocycles. The minimum atomic E-state index is -0.223. The Morgan fingerprint density at radius 3 is 2.50 bits per heavy atom. The van der Waals surface area contributed by atoms with Crippen LogP contribution in [0.25, 0.3) is 17.1 Å². The lowest BCUT2D eigenvalue weighted by Gasteiger charge is -2.21. The molecule has 1 amide bonds. The molecule has 30 heavy (non-hydrogen) atoms. The molecule has 1 atom stereocenters. The Hall–Kier alpha value is -2.67. The fourth-order valence-corrected chi connectivity index (χ4v) is 4.77. The van der Waals surface area contributed by atoms with E-state index in [-0.39, 0.29) is 11.2 Å². The summed E-state index contributed by atoms with van der Waals surface area (Å²) < 4.78 is 2.07. The molecule has 0 N–H and O–H groups in total. The Kier molecular flexibility index (Phi) is 6.18. The van der Waals surface area contributed by atoms with Crippen LogP contribution in [0.15, 0.2) is 53.9 Å². The van der Waals surface area contributed by atoms with Crippen molar-refractivity contribution in [3.05, 3.63) is 54.4 Å². The molecule has 0 aliphatic carbocycles. The fourth-order valence-electron chi connectivity index (χ4n) is 3.83. The molecule has 0 bridgehead atoms. The second-order valence-corrected chi connectivity index (χ2v) is 9.20. The molecule has 0 saturated carbocycles. The predicted molar refractivity (Wildman–Crippen MR) is 120 cm³/mol. The smallest absolute Gasteiger partial charge is 0.235 e. The van der Waals surface area contributed by atoms with Gasteiger partial charge in [-0.3, -0.25) is 14.3 Å². The predicted octanol–water partition coefficient (Wildman–Crippen LogP) is 4.56. The average Bonchev–Trinajstić information content (AvgIpc) is 3.44. The molecular formula is C23H27N5OS. The Labute approximate surface area is 181 Å². The lowest BCUT2D eigenvalue weighted by molar-refractivity contribution is -0.129. The molecule has 7 heteroatoms. The fraction of sp³-hybridized carbons (Fsp3) is 0.391. The van der Waals surface area contributed by atoms with Gasteiger partial charge in [-0.05, 0) is 49.4 Å². The highest BCUT2D eigenvalue weighted by molar-refractivity contribution is 8.00. The first-order valence-electron chi connectivity index (χ1n) is 10.5. The van der Waals surface area contributed by atoms with Crippen LogP contribution in [-0.2, 0) is 4.79 Å². The van der Waals surface area contributed by atoms with Crippen molar-refractivity contribution in [3.63, 3.8) is 0 Å². The average molecular weight is 422 g/mol. The van der Waals surface area contributed by atoms with Crippen LogP contribution in [0, 0.1) is 0 Å². The molecule has 4 rings (SSSR count). The molecular weight excluding hydrogens is 394 g/mol. The van der Waals surface area contributed by atoms with Gasteiger partial charge < -0.3 is 4.90 Å². The maximum atomic E-state index is 12.9. The Balaban J connectivity index is 1.76. The molecule has 2 aromatic heterocycles. The van der Waals surface area contributed by atoms with Gasteiger partial charge in [-0.2, -0.15) is 0 Å². The third-order valence-electron chi connectivity index (χ3n) is 5.40. The lowest BCUT2D eigenvalue weighted by atomic mass is 10.0. The van der Waals surface area contributed by atoms with Crippen LogP contribution in [-0.4, -0.2) is 48.9 Å². The van der Waals surface area contributed by atoms with E-state index in [1.165, 1.54) is 17.3 Å². The molecule has 1 unspecified atom stereocenters. The van der Waals surface area contributed by atoms with Crippen LogP contribution < -0.4 is 0 Å². The number of benzene rings is 1. The maximum Gasteiger partial charge on any atom is 0.235 e. The van der Waals surface area contributed by atoms with E-state index in [1.54, 1.807) is 12.4 Å². The molecule has 1 fully saturated rings. The zero-order chi connectivity index (χ0) is 21.1. The van der Waals surface area contributed by atoms with E-state index in [4.69, 9.17) is 0 Å². The van der Waals surface area contributed by atoms with Crippen LogP contribution in [0.4, 0.5) is 0 Å². The third-order valence-corrected chi connectivity index (χ3v) is 6.43. The molecule has 0 radical (unpaired) electrons. The van der Waals surface area contributed by atoms with Crippen molar-refractivity contribution in [2.45, 2.75) is 49.9 Å².